The topological polar surface area (TPSA) is 35.5 Å². The lowest BCUT2D eigenvalue weighted by Crippen LogP contribution is -2.57. The number of methoxy groups -OCH3 is 1. The Morgan fingerprint density at radius 3 is 3.07 bits per heavy atom. The van der Waals surface area contributed by atoms with Crippen molar-refractivity contribution in [2.45, 2.75) is 12.7 Å². The van der Waals surface area contributed by atoms with Crippen LogP contribution in [0.1, 0.15) is 6.92 Å². The number of hydrogen-bond acceptors (Lipinski definition) is 3. The van der Waals surface area contributed by atoms with Crippen LogP contribution in [0, 0.1) is 23.7 Å². The standard InChI is InChI=1S/C11H14O3/c1-6-7-3-4-9-8(6)5-14-11(9,13-2)10(7)12/h3-4,6-9H,5H2,1-2H3/t6-,7+,8+,9+,11+/m1/s1. The van der Waals surface area contributed by atoms with Gasteiger partial charge in [-0.2, -0.15) is 0 Å². The predicted molar refractivity (Wildman–Crippen MR) is 49.5 cm³/mol. The number of ketones is 1. The van der Waals surface area contributed by atoms with E-state index in [1.165, 1.54) is 0 Å². The Balaban J connectivity index is 2.14. The number of ether oxygens (including phenoxy) is 2. The van der Waals surface area contributed by atoms with Crippen LogP contribution >= 0.6 is 0 Å². The summed E-state index contributed by atoms with van der Waals surface area (Å²) in [4.78, 5) is 12.1. The molecule has 0 N–H and O–H groups in total. The number of hydrogen-bond donors (Lipinski definition) is 0. The lowest BCUT2D eigenvalue weighted by atomic mass is 9.61. The van der Waals surface area contributed by atoms with E-state index in [0.29, 0.717) is 18.4 Å². The summed E-state index contributed by atoms with van der Waals surface area (Å²) in [5, 5.41) is 0. The second-order valence-corrected chi connectivity index (χ2v) is 4.51. The number of Topliss-reactive ketones (excluding diaryl/α,β-unsaturated/α-hetero) is 1. The molecule has 3 aliphatic carbocycles. The average Bonchev–Trinajstić information content (AvgIpc) is 2.55. The summed E-state index contributed by atoms with van der Waals surface area (Å²) >= 11 is 0. The van der Waals surface area contributed by atoms with E-state index in [9.17, 15) is 4.79 Å². The summed E-state index contributed by atoms with van der Waals surface area (Å²) in [6.07, 6.45) is 4.13. The third-order valence-corrected chi connectivity index (χ3v) is 4.11. The summed E-state index contributed by atoms with van der Waals surface area (Å²) in [6, 6.07) is 0. The van der Waals surface area contributed by atoms with Gasteiger partial charge in [0.1, 0.15) is 0 Å². The molecule has 5 atom stereocenters. The van der Waals surface area contributed by atoms with Crippen LogP contribution in [0.4, 0.5) is 0 Å². The molecule has 4 aliphatic rings. The zero-order chi connectivity index (χ0) is 9.92. The number of rotatable bonds is 1. The van der Waals surface area contributed by atoms with Crippen molar-refractivity contribution in [3.63, 3.8) is 0 Å². The first kappa shape index (κ1) is 8.62. The highest BCUT2D eigenvalue weighted by Gasteiger charge is 2.64. The summed E-state index contributed by atoms with van der Waals surface area (Å²) in [7, 11) is 1.57. The maximum Gasteiger partial charge on any atom is 0.236 e. The van der Waals surface area contributed by atoms with Crippen molar-refractivity contribution in [1.29, 1.82) is 0 Å². The van der Waals surface area contributed by atoms with Gasteiger partial charge in [-0.15, -0.1) is 0 Å². The fourth-order valence-corrected chi connectivity index (χ4v) is 3.22. The van der Waals surface area contributed by atoms with Crippen LogP contribution in [0.15, 0.2) is 12.2 Å². The van der Waals surface area contributed by atoms with Crippen molar-refractivity contribution >= 4 is 5.78 Å². The van der Waals surface area contributed by atoms with Crippen LogP contribution in [0.3, 0.4) is 0 Å². The van der Waals surface area contributed by atoms with E-state index in [1.54, 1.807) is 7.11 Å². The summed E-state index contributed by atoms with van der Waals surface area (Å²) in [5.41, 5.74) is 0. The van der Waals surface area contributed by atoms with Crippen molar-refractivity contribution in [2.75, 3.05) is 13.7 Å². The molecule has 1 saturated heterocycles. The highest BCUT2D eigenvalue weighted by molar-refractivity contribution is 5.93. The number of carbonyl (C=O) groups excluding carboxylic acids is 1. The Morgan fingerprint density at radius 1 is 1.57 bits per heavy atom. The van der Waals surface area contributed by atoms with E-state index in [2.05, 4.69) is 13.0 Å². The highest BCUT2D eigenvalue weighted by Crippen LogP contribution is 2.54. The molecule has 0 amide bonds. The van der Waals surface area contributed by atoms with Crippen molar-refractivity contribution in [1.82, 2.24) is 0 Å². The first-order valence-electron chi connectivity index (χ1n) is 5.12. The SMILES string of the molecule is CO[C@]12OC[C@H]3[C@H](C)[C@H](C=C[C@@H]31)C2=O. The molecule has 14 heavy (non-hydrogen) atoms. The molecule has 3 nitrogen and oxygen atoms in total. The van der Waals surface area contributed by atoms with E-state index in [-0.39, 0.29) is 17.6 Å². The van der Waals surface area contributed by atoms with Gasteiger partial charge < -0.3 is 9.47 Å². The van der Waals surface area contributed by atoms with Gasteiger partial charge in [0.15, 0.2) is 5.78 Å². The first-order chi connectivity index (χ1) is 6.70. The fraction of sp³-hybridized carbons (Fsp3) is 0.727. The van der Waals surface area contributed by atoms with Crippen molar-refractivity contribution in [3.8, 4) is 0 Å². The highest BCUT2D eigenvalue weighted by atomic mass is 16.7. The minimum absolute atomic E-state index is 0.00690. The molecule has 0 aromatic rings. The summed E-state index contributed by atoms with van der Waals surface area (Å²) in [5.74, 6) is 0.198. The van der Waals surface area contributed by atoms with Gasteiger partial charge in [0.05, 0.1) is 6.61 Å². The summed E-state index contributed by atoms with van der Waals surface area (Å²) in [6.45, 7) is 2.80. The van der Waals surface area contributed by atoms with Gasteiger partial charge in [-0.1, -0.05) is 19.1 Å². The maximum absolute atomic E-state index is 12.1. The van der Waals surface area contributed by atoms with Gasteiger partial charge in [-0.25, -0.2) is 0 Å². The Kier molecular flexibility index (Phi) is 1.52. The molecule has 1 heterocycles. The third kappa shape index (κ3) is 0.708. The largest absolute Gasteiger partial charge is 0.347 e. The van der Waals surface area contributed by atoms with Crippen molar-refractivity contribution < 1.29 is 14.3 Å². The normalized spacial score (nSPS) is 54.3. The van der Waals surface area contributed by atoms with Crippen LogP contribution in [0.2, 0.25) is 0 Å². The molecule has 1 aliphatic heterocycles. The zero-order valence-electron chi connectivity index (χ0n) is 8.40. The molecule has 0 aromatic heterocycles. The molecular formula is C11H14O3. The van der Waals surface area contributed by atoms with Gasteiger partial charge in [0, 0.05) is 18.9 Å². The predicted octanol–water partition coefficient (Wildman–Crippen LogP) is 0.996. The van der Waals surface area contributed by atoms with E-state index in [0.717, 1.165) is 0 Å². The van der Waals surface area contributed by atoms with Crippen LogP contribution in [-0.4, -0.2) is 25.3 Å². The van der Waals surface area contributed by atoms with E-state index in [4.69, 9.17) is 9.47 Å². The second kappa shape index (κ2) is 2.47. The number of allylic oxidation sites excluding steroid dienone is 1. The molecule has 0 radical (unpaired) electrons. The molecule has 1 saturated carbocycles. The van der Waals surface area contributed by atoms with Gasteiger partial charge in [0.2, 0.25) is 5.79 Å². The van der Waals surface area contributed by atoms with Crippen molar-refractivity contribution in [3.05, 3.63) is 12.2 Å². The van der Waals surface area contributed by atoms with Gasteiger partial charge in [0.25, 0.3) is 0 Å². The molecule has 3 heteroatoms. The molecule has 0 spiro atoms. The molecule has 4 rings (SSSR count). The van der Waals surface area contributed by atoms with Gasteiger partial charge in [-0.3, -0.25) is 4.79 Å². The average molecular weight is 194 g/mol. The Labute approximate surface area is 83.1 Å². The minimum atomic E-state index is -0.934. The smallest absolute Gasteiger partial charge is 0.236 e. The number of carbonyl (C=O) groups is 1. The minimum Gasteiger partial charge on any atom is -0.347 e. The lowest BCUT2D eigenvalue weighted by Gasteiger charge is -2.44. The molecule has 0 aromatic carbocycles. The third-order valence-electron chi connectivity index (χ3n) is 4.11. The van der Waals surface area contributed by atoms with Crippen molar-refractivity contribution in [2.24, 2.45) is 23.7 Å². The van der Waals surface area contributed by atoms with Gasteiger partial charge in [-0.05, 0) is 11.8 Å². The summed E-state index contributed by atoms with van der Waals surface area (Å²) < 4.78 is 10.9. The lowest BCUT2D eigenvalue weighted by molar-refractivity contribution is -0.216. The second-order valence-electron chi connectivity index (χ2n) is 4.51. The Morgan fingerprint density at radius 2 is 2.36 bits per heavy atom. The van der Waals surface area contributed by atoms with E-state index in [1.807, 2.05) is 6.08 Å². The monoisotopic (exact) mass is 194 g/mol. The first-order valence-corrected chi connectivity index (χ1v) is 5.12. The quantitative estimate of drug-likeness (QED) is 0.584. The van der Waals surface area contributed by atoms with E-state index >= 15 is 0 Å². The molecule has 0 unspecified atom stereocenters. The Hall–Kier alpha value is -0.670. The molecule has 4 bridgehead atoms. The van der Waals surface area contributed by atoms with Crippen LogP contribution in [0.25, 0.3) is 0 Å². The van der Waals surface area contributed by atoms with Crippen LogP contribution in [-0.2, 0) is 14.3 Å². The zero-order valence-corrected chi connectivity index (χ0v) is 8.40. The fourth-order valence-electron chi connectivity index (χ4n) is 3.22. The Bertz CT molecular complexity index is 322. The maximum atomic E-state index is 12.1. The molecular weight excluding hydrogens is 180 g/mol. The van der Waals surface area contributed by atoms with Crippen LogP contribution in [0.5, 0.6) is 0 Å². The van der Waals surface area contributed by atoms with Gasteiger partial charge >= 0.3 is 0 Å². The van der Waals surface area contributed by atoms with E-state index < -0.39 is 5.79 Å². The molecule has 2 fully saturated rings. The molecule has 76 valence electrons. The van der Waals surface area contributed by atoms with Crippen LogP contribution < -0.4 is 0 Å².